The van der Waals surface area contributed by atoms with E-state index in [4.69, 9.17) is 4.99 Å². The third-order valence-electron chi connectivity index (χ3n) is 8.60. The first-order valence-electron chi connectivity index (χ1n) is 15.8. The van der Waals surface area contributed by atoms with Gasteiger partial charge in [0.1, 0.15) is 11.3 Å². The fraction of sp³-hybridized carbons (Fsp3) is 0.389. The summed E-state index contributed by atoms with van der Waals surface area (Å²) in [7, 11) is 1.90. The number of piperidine rings is 1. The van der Waals surface area contributed by atoms with Crippen molar-refractivity contribution in [2.24, 2.45) is 12.0 Å². The second kappa shape index (κ2) is 14.2. The minimum Gasteiger partial charge on any atom is -0.341 e. The van der Waals surface area contributed by atoms with Crippen molar-refractivity contribution in [3.63, 3.8) is 0 Å². The van der Waals surface area contributed by atoms with Crippen LogP contribution in [0, 0.1) is 6.92 Å². The Morgan fingerprint density at radius 1 is 1.04 bits per heavy atom. The molecule has 10 heteroatoms. The topological polar surface area (TPSA) is 82.8 Å². The molecular weight excluding hydrogens is 586 g/mol. The molecule has 8 nitrogen and oxygen atoms in total. The Balaban J connectivity index is 1.20. The molecule has 46 heavy (non-hydrogen) atoms. The number of likely N-dealkylation sites (tertiary alicyclic amines) is 1. The zero-order valence-electron chi connectivity index (χ0n) is 26.8. The van der Waals surface area contributed by atoms with Crippen molar-refractivity contribution in [3.8, 4) is 0 Å². The predicted molar refractivity (Wildman–Crippen MR) is 176 cm³/mol. The number of alkyl halides is 2. The van der Waals surface area contributed by atoms with Crippen molar-refractivity contribution in [2.45, 2.75) is 57.8 Å². The largest absolute Gasteiger partial charge is 0.341 e. The fourth-order valence-corrected chi connectivity index (χ4v) is 5.99. The van der Waals surface area contributed by atoms with E-state index in [0.29, 0.717) is 55.4 Å². The molecule has 0 bridgehead atoms. The van der Waals surface area contributed by atoms with Gasteiger partial charge in [-0.05, 0) is 87.2 Å². The first-order chi connectivity index (χ1) is 22.0. The highest BCUT2D eigenvalue weighted by Gasteiger charge is 2.26. The number of hydrogen-bond donors (Lipinski definition) is 1. The molecule has 2 aliphatic heterocycles. The van der Waals surface area contributed by atoms with Gasteiger partial charge in [0.05, 0.1) is 0 Å². The van der Waals surface area contributed by atoms with Crippen molar-refractivity contribution in [1.29, 1.82) is 0 Å². The summed E-state index contributed by atoms with van der Waals surface area (Å²) in [6.45, 7) is 9.19. The molecule has 0 unspecified atom stereocenters. The molecule has 2 amide bonds. The lowest BCUT2D eigenvalue weighted by molar-refractivity contribution is -0.132. The highest BCUT2D eigenvalue weighted by atomic mass is 19.3. The number of amides is 2. The maximum Gasteiger partial charge on any atom is 0.253 e. The average Bonchev–Trinajstić information content (AvgIpc) is 3.04. The van der Waals surface area contributed by atoms with E-state index >= 15 is 0 Å². The van der Waals surface area contributed by atoms with E-state index in [2.05, 4.69) is 22.9 Å². The molecule has 5 rings (SSSR count). The van der Waals surface area contributed by atoms with Gasteiger partial charge in [0.25, 0.3) is 5.91 Å². The van der Waals surface area contributed by atoms with Crippen LogP contribution in [-0.4, -0.2) is 63.3 Å². The number of carbonyl (C=O) groups is 2. The summed E-state index contributed by atoms with van der Waals surface area (Å²) in [5.74, 6) is -2.28. The number of carbonyl (C=O) groups excluding carboxylic acids is 2. The number of hydrogen-bond acceptors (Lipinski definition) is 5. The molecule has 0 saturated carbocycles. The van der Waals surface area contributed by atoms with Crippen LogP contribution < -0.4 is 10.8 Å². The van der Waals surface area contributed by atoms with Crippen LogP contribution in [-0.2, 0) is 11.8 Å². The third kappa shape index (κ3) is 8.35. The van der Waals surface area contributed by atoms with E-state index < -0.39 is 12.3 Å². The Bertz CT molecular complexity index is 1680. The van der Waals surface area contributed by atoms with Gasteiger partial charge in [-0.25, -0.2) is 13.8 Å². The molecule has 0 radical (unpaired) electrons. The summed E-state index contributed by atoms with van der Waals surface area (Å²) in [5, 5.41) is 3.23. The van der Waals surface area contributed by atoms with Crippen LogP contribution >= 0.6 is 0 Å². The zero-order chi connectivity index (χ0) is 32.8. The molecular formula is C36H42F2N6O2. The van der Waals surface area contributed by atoms with Crippen molar-refractivity contribution in [3.05, 3.63) is 107 Å². The molecule has 2 aromatic heterocycles. The quantitative estimate of drug-likeness (QED) is 0.302. The van der Waals surface area contributed by atoms with Crippen LogP contribution in [0.25, 0.3) is 5.57 Å². The Morgan fingerprint density at radius 2 is 1.78 bits per heavy atom. The van der Waals surface area contributed by atoms with E-state index in [1.807, 2.05) is 84.2 Å². The van der Waals surface area contributed by atoms with Gasteiger partial charge in [-0.2, -0.15) is 0 Å². The summed E-state index contributed by atoms with van der Waals surface area (Å²) in [5.41, 5.74) is 6.18. The lowest BCUT2D eigenvalue weighted by Gasteiger charge is -2.32. The summed E-state index contributed by atoms with van der Waals surface area (Å²) >= 11 is 0. The molecule has 2 aliphatic rings. The summed E-state index contributed by atoms with van der Waals surface area (Å²) in [6.07, 6.45) is 5.65. The molecule has 4 heterocycles. The van der Waals surface area contributed by atoms with Crippen LogP contribution in [0.4, 0.5) is 14.5 Å². The van der Waals surface area contributed by atoms with Gasteiger partial charge in [0.2, 0.25) is 11.8 Å². The van der Waals surface area contributed by atoms with E-state index in [9.17, 15) is 18.4 Å². The number of benzene rings is 1. The molecule has 3 aromatic rings. The minimum atomic E-state index is -2.85. The number of anilines is 1. The lowest BCUT2D eigenvalue weighted by atomic mass is 9.92. The summed E-state index contributed by atoms with van der Waals surface area (Å²) in [6, 6.07) is 17.4. The first kappa shape index (κ1) is 32.8. The van der Waals surface area contributed by atoms with Gasteiger partial charge in [-0.15, -0.1) is 0 Å². The maximum absolute atomic E-state index is 13.2. The smallest absolute Gasteiger partial charge is 0.253 e. The van der Waals surface area contributed by atoms with Crippen LogP contribution in [0.2, 0.25) is 0 Å². The first-order valence-corrected chi connectivity index (χ1v) is 15.8. The Hall–Kier alpha value is -4.60. The highest BCUT2D eigenvalue weighted by Crippen LogP contribution is 2.28. The molecule has 0 atom stereocenters. The van der Waals surface area contributed by atoms with Crippen LogP contribution in [0.1, 0.15) is 72.3 Å². The number of rotatable bonds is 9. The van der Waals surface area contributed by atoms with Gasteiger partial charge < -0.3 is 19.7 Å². The fourth-order valence-electron chi connectivity index (χ4n) is 5.99. The van der Waals surface area contributed by atoms with Gasteiger partial charge in [0.15, 0.2) is 0 Å². The second-order valence-corrected chi connectivity index (χ2v) is 12.3. The zero-order valence-corrected chi connectivity index (χ0v) is 26.8. The predicted octanol–water partition coefficient (Wildman–Crippen LogP) is 6.28. The number of nitrogens with one attached hydrogen (secondary N) is 1. The SMILES string of the molecule is C=C(N=c1c(C2=CCN(C(=O)CCC(C)(F)F)CC2)cccn1C)Nc1ccc(C(=O)N2CCC(c3cccc(C)n3)CC2)cc1. The third-order valence-corrected chi connectivity index (χ3v) is 8.60. The van der Waals surface area contributed by atoms with Gasteiger partial charge in [-0.3, -0.25) is 14.6 Å². The van der Waals surface area contributed by atoms with E-state index in [-0.39, 0.29) is 18.2 Å². The van der Waals surface area contributed by atoms with Crippen molar-refractivity contribution < 1.29 is 18.4 Å². The molecule has 1 aromatic carbocycles. The Morgan fingerprint density at radius 3 is 2.43 bits per heavy atom. The number of aryl methyl sites for hydroxylation is 2. The van der Waals surface area contributed by atoms with E-state index in [0.717, 1.165) is 48.0 Å². The molecule has 0 aliphatic carbocycles. The maximum atomic E-state index is 13.2. The normalized spacial score (nSPS) is 16.3. The van der Waals surface area contributed by atoms with E-state index in [1.54, 1.807) is 4.90 Å². The monoisotopic (exact) mass is 628 g/mol. The lowest BCUT2D eigenvalue weighted by Crippen LogP contribution is -2.38. The van der Waals surface area contributed by atoms with Gasteiger partial charge in [0, 0.05) is 86.4 Å². The standard InChI is InChI=1S/C36H42F2N6O2/c1-25-7-5-9-32(39-25)28-17-23-44(24-18-28)35(46)29-10-12-30(13-11-29)40-26(2)41-34-31(8-6-20-42(34)4)27-15-21-43(22-16-27)33(45)14-19-36(3,37)38/h5-13,15,20,28,40H,2,14,16-19,21-24H2,1,3-4H3. The molecule has 242 valence electrons. The van der Waals surface area contributed by atoms with Crippen LogP contribution in [0.5, 0.6) is 0 Å². The van der Waals surface area contributed by atoms with Crippen LogP contribution in [0.3, 0.4) is 0 Å². The second-order valence-electron chi connectivity index (χ2n) is 12.3. The Labute approximate surface area is 269 Å². The number of nitrogens with zero attached hydrogens (tertiary/aromatic N) is 5. The van der Waals surface area contributed by atoms with Crippen molar-refractivity contribution in [1.82, 2.24) is 19.4 Å². The number of aromatic nitrogens is 2. The highest BCUT2D eigenvalue weighted by molar-refractivity contribution is 5.94. The Kier molecular flexibility index (Phi) is 10.1. The van der Waals surface area contributed by atoms with Crippen LogP contribution in [0.15, 0.2) is 84.3 Å². The summed E-state index contributed by atoms with van der Waals surface area (Å²) in [4.78, 5) is 38.6. The van der Waals surface area contributed by atoms with E-state index in [1.165, 1.54) is 0 Å². The molecule has 1 fully saturated rings. The van der Waals surface area contributed by atoms with Crippen molar-refractivity contribution in [2.75, 3.05) is 31.5 Å². The van der Waals surface area contributed by atoms with Gasteiger partial charge in [-0.1, -0.05) is 18.7 Å². The van der Waals surface area contributed by atoms with Crippen molar-refractivity contribution >= 4 is 23.1 Å². The molecule has 1 N–H and O–H groups in total. The molecule has 1 saturated heterocycles. The average molecular weight is 629 g/mol. The van der Waals surface area contributed by atoms with Gasteiger partial charge >= 0.3 is 0 Å². The number of pyridine rings is 2. The molecule has 0 spiro atoms. The minimum absolute atomic E-state index is 0.0241. The number of halogens is 2. The summed E-state index contributed by atoms with van der Waals surface area (Å²) < 4.78 is 28.3.